The van der Waals surface area contributed by atoms with Gasteiger partial charge in [-0.3, -0.25) is 14.9 Å². The van der Waals surface area contributed by atoms with Crippen LogP contribution in [0, 0.1) is 10.1 Å². The van der Waals surface area contributed by atoms with Crippen molar-refractivity contribution in [3.05, 3.63) is 39.9 Å². The van der Waals surface area contributed by atoms with E-state index < -0.39 is 11.0 Å². The normalized spacial score (nSPS) is 19.6. The monoisotopic (exact) mass is 303 g/mol. The summed E-state index contributed by atoms with van der Waals surface area (Å²) in [4.78, 5) is 34.1. The maximum Gasteiger partial charge on any atom is 0.269 e. The van der Waals surface area contributed by atoms with E-state index in [0.29, 0.717) is 16.8 Å². The van der Waals surface area contributed by atoms with Gasteiger partial charge in [-0.05, 0) is 5.56 Å². The number of fused-ring (bicyclic) bond motifs is 1. The molecule has 0 spiro atoms. The molecule has 0 aromatic heterocycles. The fourth-order valence-electron chi connectivity index (χ4n) is 1.85. The lowest BCUT2D eigenvalue weighted by molar-refractivity contribution is -0.384. The Hall–Kier alpha value is -2.55. The van der Waals surface area contributed by atoms with Crippen LogP contribution >= 0.6 is 11.8 Å². The highest BCUT2D eigenvalue weighted by molar-refractivity contribution is 8.13. The van der Waals surface area contributed by atoms with Crippen molar-refractivity contribution in [1.82, 2.24) is 5.32 Å². The van der Waals surface area contributed by atoms with Crippen LogP contribution in [-0.2, 0) is 10.5 Å². The van der Waals surface area contributed by atoms with Crippen molar-refractivity contribution in [2.45, 2.75) is 11.8 Å². The molecule has 8 nitrogen and oxygen atoms in total. The Labute approximate surface area is 123 Å². The fourth-order valence-corrected chi connectivity index (χ4v) is 2.66. The van der Waals surface area contributed by atoms with Gasteiger partial charge < -0.3 is 5.32 Å². The van der Waals surface area contributed by atoms with Crippen LogP contribution in [0.25, 0.3) is 0 Å². The number of thioether (sulfide) groups is 1. The lowest BCUT2D eigenvalue weighted by Gasteiger charge is -2.09. The highest BCUT2D eigenvalue weighted by atomic mass is 32.2. The summed E-state index contributed by atoms with van der Waals surface area (Å²) in [5.74, 6) is 0.602. The number of nitrogens with one attached hydrogen (secondary N) is 1. The Morgan fingerprint density at radius 3 is 3.05 bits per heavy atom. The molecule has 9 heteroatoms. The Balaban J connectivity index is 1.69. The number of hydrogen-bond donors (Lipinski definition) is 1. The first-order valence-electron chi connectivity index (χ1n) is 5.99. The summed E-state index contributed by atoms with van der Waals surface area (Å²) in [5, 5.41) is 13.6. The molecule has 0 radical (unpaired) electrons. The molecule has 0 fully saturated rings. The number of aliphatic imine (C=N–C) groups is 3. The lowest BCUT2D eigenvalue weighted by Crippen LogP contribution is -2.40. The molecule has 0 bridgehead atoms. The molecule has 1 atom stereocenters. The van der Waals surface area contributed by atoms with Crippen LogP contribution in [0.5, 0.6) is 0 Å². The quantitative estimate of drug-likeness (QED) is 0.666. The smallest absolute Gasteiger partial charge is 0.269 e. The summed E-state index contributed by atoms with van der Waals surface area (Å²) < 4.78 is 0. The molecule has 2 aliphatic rings. The van der Waals surface area contributed by atoms with Crippen LogP contribution in [0.1, 0.15) is 5.56 Å². The third-order valence-corrected chi connectivity index (χ3v) is 3.77. The van der Waals surface area contributed by atoms with E-state index in [1.54, 1.807) is 12.1 Å². The van der Waals surface area contributed by atoms with Gasteiger partial charge in [-0.2, -0.15) is 0 Å². The maximum atomic E-state index is 11.5. The van der Waals surface area contributed by atoms with Gasteiger partial charge in [-0.25, -0.2) is 15.0 Å². The van der Waals surface area contributed by atoms with Crippen LogP contribution in [0.2, 0.25) is 0 Å². The second kappa shape index (κ2) is 5.44. The first kappa shape index (κ1) is 13.4. The molecule has 1 unspecified atom stereocenters. The minimum atomic E-state index is -0.678. The number of hydrogen-bond acceptors (Lipinski definition) is 7. The van der Waals surface area contributed by atoms with Crippen LogP contribution in [0.3, 0.4) is 0 Å². The van der Waals surface area contributed by atoms with Crippen LogP contribution in [-0.4, -0.2) is 34.2 Å². The fraction of sp³-hybridized carbons (Fsp3) is 0.167. The highest BCUT2D eigenvalue weighted by Crippen LogP contribution is 2.23. The van der Waals surface area contributed by atoms with Gasteiger partial charge in [0.05, 0.1) is 11.3 Å². The van der Waals surface area contributed by atoms with Crippen LogP contribution in [0.4, 0.5) is 5.69 Å². The first-order chi connectivity index (χ1) is 10.1. The second-order valence-corrected chi connectivity index (χ2v) is 5.21. The summed E-state index contributed by atoms with van der Waals surface area (Å²) in [5.41, 5.74) is 0.838. The zero-order valence-corrected chi connectivity index (χ0v) is 11.4. The van der Waals surface area contributed by atoms with E-state index in [9.17, 15) is 14.9 Å². The number of carbonyl (C=O) groups is 1. The Morgan fingerprint density at radius 2 is 2.29 bits per heavy atom. The minimum Gasteiger partial charge on any atom is -0.314 e. The Morgan fingerprint density at radius 1 is 1.43 bits per heavy atom. The summed E-state index contributed by atoms with van der Waals surface area (Å²) in [6.45, 7) is 0. The van der Waals surface area contributed by atoms with Crippen molar-refractivity contribution in [2.24, 2.45) is 15.0 Å². The third-order valence-electron chi connectivity index (χ3n) is 2.84. The van der Waals surface area contributed by atoms with E-state index in [1.807, 2.05) is 0 Å². The van der Waals surface area contributed by atoms with Gasteiger partial charge in [0.1, 0.15) is 0 Å². The van der Waals surface area contributed by atoms with Crippen LogP contribution in [0.15, 0.2) is 39.2 Å². The highest BCUT2D eigenvalue weighted by Gasteiger charge is 2.31. The topological polar surface area (TPSA) is 109 Å². The van der Waals surface area contributed by atoms with Crippen molar-refractivity contribution in [3.8, 4) is 0 Å². The molecule has 0 aliphatic carbocycles. The number of non-ortho nitro benzene ring substituents is 1. The van der Waals surface area contributed by atoms with E-state index >= 15 is 0 Å². The molecule has 0 saturated carbocycles. The summed E-state index contributed by atoms with van der Waals surface area (Å²) in [6.07, 6.45) is 1.29. The predicted octanol–water partition coefficient (Wildman–Crippen LogP) is 1.12. The maximum absolute atomic E-state index is 11.5. The van der Waals surface area contributed by atoms with Gasteiger partial charge in [-0.15, -0.1) is 0 Å². The number of benzene rings is 1. The molecule has 1 N–H and O–H groups in total. The average molecular weight is 303 g/mol. The SMILES string of the molecule is O=C1NC=NC2=NC(SCc3cccc([N+](=O)[O-])c3)=NC12. The predicted molar refractivity (Wildman–Crippen MR) is 79.7 cm³/mol. The zero-order chi connectivity index (χ0) is 14.8. The second-order valence-electron chi connectivity index (χ2n) is 4.27. The van der Waals surface area contributed by atoms with E-state index in [2.05, 4.69) is 20.3 Å². The van der Waals surface area contributed by atoms with Gasteiger partial charge in [0.15, 0.2) is 17.0 Å². The molecular formula is C12H9N5O3S. The van der Waals surface area contributed by atoms with Crippen LogP contribution < -0.4 is 5.32 Å². The molecule has 2 heterocycles. The number of carbonyl (C=O) groups excluding carboxylic acids is 1. The lowest BCUT2D eigenvalue weighted by atomic mass is 10.2. The molecule has 3 rings (SSSR count). The summed E-state index contributed by atoms with van der Waals surface area (Å²) in [6, 6.07) is 5.69. The van der Waals surface area contributed by atoms with E-state index in [1.165, 1.54) is 30.2 Å². The molecule has 1 aromatic carbocycles. The zero-order valence-electron chi connectivity index (χ0n) is 10.6. The molecule has 106 valence electrons. The van der Waals surface area contributed by atoms with Gasteiger partial charge in [-0.1, -0.05) is 23.9 Å². The van der Waals surface area contributed by atoms with E-state index in [-0.39, 0.29) is 11.6 Å². The summed E-state index contributed by atoms with van der Waals surface area (Å²) in [7, 11) is 0. The minimum absolute atomic E-state index is 0.0467. The van der Waals surface area contributed by atoms with Crippen molar-refractivity contribution in [2.75, 3.05) is 0 Å². The van der Waals surface area contributed by atoms with Crippen molar-refractivity contribution >= 4 is 40.7 Å². The first-order valence-corrected chi connectivity index (χ1v) is 6.97. The summed E-state index contributed by atoms with van der Waals surface area (Å²) >= 11 is 1.31. The largest absolute Gasteiger partial charge is 0.314 e. The number of amidine groups is 2. The molecule has 1 amide bonds. The van der Waals surface area contributed by atoms with E-state index in [0.717, 1.165) is 5.56 Å². The third kappa shape index (κ3) is 2.82. The van der Waals surface area contributed by atoms with E-state index in [4.69, 9.17) is 0 Å². The van der Waals surface area contributed by atoms with Gasteiger partial charge in [0, 0.05) is 17.9 Å². The number of amides is 1. The molecule has 0 saturated heterocycles. The Bertz CT molecular complexity index is 713. The molecular weight excluding hydrogens is 294 g/mol. The molecule has 2 aliphatic heterocycles. The molecule has 21 heavy (non-hydrogen) atoms. The number of nitro benzene ring substituents is 1. The van der Waals surface area contributed by atoms with Crippen molar-refractivity contribution in [3.63, 3.8) is 0 Å². The standard InChI is InChI=1S/C12H9N5O3S/c18-11-9-10(13-6-14-11)16-12(15-9)21-5-7-2-1-3-8(4-7)17(19)20/h1-4,6,9H,5H2,(H,13,14,15,16,18). The van der Waals surface area contributed by atoms with Gasteiger partial charge in [0.25, 0.3) is 11.6 Å². The van der Waals surface area contributed by atoms with Crippen molar-refractivity contribution in [1.29, 1.82) is 0 Å². The number of nitrogens with zero attached hydrogens (tertiary/aromatic N) is 4. The average Bonchev–Trinajstić information content (AvgIpc) is 2.90. The molecule has 1 aromatic rings. The van der Waals surface area contributed by atoms with Gasteiger partial charge >= 0.3 is 0 Å². The number of nitro groups is 1. The Kier molecular flexibility index (Phi) is 3.48. The van der Waals surface area contributed by atoms with Crippen molar-refractivity contribution < 1.29 is 9.72 Å². The van der Waals surface area contributed by atoms with Gasteiger partial charge in [0.2, 0.25) is 0 Å². The number of rotatable bonds is 3.